The molecule has 0 bridgehead atoms. The van der Waals surface area contributed by atoms with Crippen molar-refractivity contribution in [1.29, 1.82) is 0 Å². The van der Waals surface area contributed by atoms with Crippen molar-refractivity contribution in [2.45, 2.75) is 32.7 Å². The fraction of sp³-hybridized carbons (Fsp3) is 0.619. The van der Waals surface area contributed by atoms with Crippen LogP contribution in [0.25, 0.3) is 0 Å². The van der Waals surface area contributed by atoms with E-state index in [1.165, 1.54) is 0 Å². The second-order valence-electron chi connectivity index (χ2n) is 6.81. The van der Waals surface area contributed by atoms with Crippen molar-refractivity contribution in [3.8, 4) is 0 Å². The minimum atomic E-state index is -0.0138. The first-order valence-electron chi connectivity index (χ1n) is 10.1. The van der Waals surface area contributed by atoms with Crippen LogP contribution in [-0.4, -0.2) is 70.8 Å². The number of likely N-dealkylation sites (N-methyl/N-ethyl adjacent to an activating group) is 1. The van der Waals surface area contributed by atoms with Crippen LogP contribution in [0.15, 0.2) is 29.3 Å². The van der Waals surface area contributed by atoms with Crippen molar-refractivity contribution in [1.82, 2.24) is 20.9 Å². The van der Waals surface area contributed by atoms with E-state index in [9.17, 15) is 4.79 Å². The van der Waals surface area contributed by atoms with Gasteiger partial charge >= 0.3 is 0 Å². The zero-order valence-electron chi connectivity index (χ0n) is 17.9. The Morgan fingerprint density at radius 1 is 1.07 bits per heavy atom. The summed E-state index contributed by atoms with van der Waals surface area (Å²) in [5.41, 5.74) is 1.80. The molecule has 7 heteroatoms. The van der Waals surface area contributed by atoms with Crippen LogP contribution in [0.5, 0.6) is 0 Å². The summed E-state index contributed by atoms with van der Waals surface area (Å²) in [5.74, 6) is 0.756. The van der Waals surface area contributed by atoms with Crippen LogP contribution in [0.4, 0.5) is 0 Å². The van der Waals surface area contributed by atoms with E-state index in [1.54, 1.807) is 14.2 Å². The predicted molar refractivity (Wildman–Crippen MR) is 116 cm³/mol. The lowest BCUT2D eigenvalue weighted by Crippen LogP contribution is -2.40. The van der Waals surface area contributed by atoms with E-state index in [1.807, 2.05) is 24.3 Å². The molecule has 0 aliphatic rings. The fourth-order valence-electron chi connectivity index (χ4n) is 2.62. The largest absolute Gasteiger partial charge is 0.385 e. The molecule has 0 heterocycles. The Kier molecular flexibility index (Phi) is 12.7. The molecule has 1 rings (SSSR count). The monoisotopic (exact) mass is 391 g/mol. The van der Waals surface area contributed by atoms with Crippen molar-refractivity contribution in [3.63, 3.8) is 0 Å². The first-order chi connectivity index (χ1) is 13.6. The van der Waals surface area contributed by atoms with Crippen LogP contribution < -0.4 is 16.0 Å². The molecule has 0 aromatic heterocycles. The molecule has 0 unspecified atom stereocenters. The van der Waals surface area contributed by atoms with Gasteiger partial charge < -0.3 is 25.6 Å². The molecule has 0 aliphatic carbocycles. The van der Waals surface area contributed by atoms with Crippen molar-refractivity contribution < 1.29 is 9.53 Å². The number of hydrogen-bond acceptors (Lipinski definition) is 4. The van der Waals surface area contributed by atoms with Gasteiger partial charge in [-0.3, -0.25) is 9.79 Å². The lowest BCUT2D eigenvalue weighted by molar-refractivity contribution is 0.0953. The summed E-state index contributed by atoms with van der Waals surface area (Å²) in [5, 5.41) is 9.56. The number of carbonyl (C=O) groups excluding carboxylic acids is 1. The normalized spacial score (nSPS) is 11.5. The zero-order chi connectivity index (χ0) is 20.6. The van der Waals surface area contributed by atoms with Gasteiger partial charge in [-0.25, -0.2) is 0 Å². The standard InChI is InChI=1S/C21H37N5O2/c1-5-6-12-23-20(27)19-10-8-18(9-11-19)17-25-21(22-2)24-13-15-26(3)14-7-16-28-4/h8-11H,5-7,12-17H2,1-4H3,(H,23,27)(H2,22,24,25). The van der Waals surface area contributed by atoms with E-state index >= 15 is 0 Å². The van der Waals surface area contributed by atoms with Gasteiger partial charge in [-0.2, -0.15) is 0 Å². The molecular weight excluding hydrogens is 354 g/mol. The maximum atomic E-state index is 12.0. The van der Waals surface area contributed by atoms with Crippen LogP contribution in [0.3, 0.4) is 0 Å². The summed E-state index contributed by atoms with van der Waals surface area (Å²) >= 11 is 0. The van der Waals surface area contributed by atoms with E-state index in [-0.39, 0.29) is 5.91 Å². The molecule has 3 N–H and O–H groups in total. The summed E-state index contributed by atoms with van der Waals surface area (Å²) in [6.45, 7) is 7.05. The number of amides is 1. The Bertz CT molecular complexity index is 575. The van der Waals surface area contributed by atoms with Crippen molar-refractivity contribution in [2.24, 2.45) is 4.99 Å². The van der Waals surface area contributed by atoms with Crippen LogP contribution in [0, 0.1) is 0 Å². The summed E-state index contributed by atoms with van der Waals surface area (Å²) in [6, 6.07) is 7.67. The lowest BCUT2D eigenvalue weighted by Gasteiger charge is -2.18. The third kappa shape index (κ3) is 10.3. The maximum absolute atomic E-state index is 12.0. The molecule has 0 fully saturated rings. The molecule has 0 saturated carbocycles. The highest BCUT2D eigenvalue weighted by atomic mass is 16.5. The number of guanidine groups is 1. The molecule has 0 aliphatic heterocycles. The molecule has 0 radical (unpaired) electrons. The summed E-state index contributed by atoms with van der Waals surface area (Å²) in [7, 11) is 5.60. The van der Waals surface area contributed by atoms with Gasteiger partial charge in [-0.05, 0) is 37.6 Å². The first-order valence-corrected chi connectivity index (χ1v) is 10.1. The smallest absolute Gasteiger partial charge is 0.251 e. The molecule has 0 saturated heterocycles. The average Bonchev–Trinajstić information content (AvgIpc) is 2.71. The van der Waals surface area contributed by atoms with Gasteiger partial charge in [0.1, 0.15) is 0 Å². The number of unbranched alkanes of at least 4 members (excludes halogenated alkanes) is 1. The van der Waals surface area contributed by atoms with Gasteiger partial charge in [0, 0.05) is 59.1 Å². The van der Waals surface area contributed by atoms with Crippen molar-refractivity contribution >= 4 is 11.9 Å². The molecule has 158 valence electrons. The van der Waals surface area contributed by atoms with Gasteiger partial charge in [-0.1, -0.05) is 25.5 Å². The van der Waals surface area contributed by atoms with Crippen LogP contribution in [0.1, 0.15) is 42.1 Å². The van der Waals surface area contributed by atoms with Gasteiger partial charge in [0.2, 0.25) is 0 Å². The third-order valence-electron chi connectivity index (χ3n) is 4.39. The molecule has 1 amide bonds. The third-order valence-corrected chi connectivity index (χ3v) is 4.39. The van der Waals surface area contributed by atoms with Gasteiger partial charge in [0.25, 0.3) is 5.91 Å². The van der Waals surface area contributed by atoms with E-state index in [0.717, 1.165) is 63.6 Å². The molecule has 28 heavy (non-hydrogen) atoms. The highest BCUT2D eigenvalue weighted by Gasteiger charge is 2.05. The molecule has 7 nitrogen and oxygen atoms in total. The van der Waals surface area contributed by atoms with Crippen LogP contribution in [0.2, 0.25) is 0 Å². The van der Waals surface area contributed by atoms with E-state index in [0.29, 0.717) is 12.1 Å². The lowest BCUT2D eigenvalue weighted by atomic mass is 10.1. The van der Waals surface area contributed by atoms with Crippen molar-refractivity contribution in [2.75, 3.05) is 54.0 Å². The van der Waals surface area contributed by atoms with E-state index < -0.39 is 0 Å². The number of rotatable bonds is 13. The number of aliphatic imine (C=N–C) groups is 1. The maximum Gasteiger partial charge on any atom is 0.251 e. The van der Waals surface area contributed by atoms with Gasteiger partial charge in [0.05, 0.1) is 0 Å². The summed E-state index contributed by atoms with van der Waals surface area (Å²) in [4.78, 5) is 18.6. The number of nitrogens with one attached hydrogen (secondary N) is 3. The van der Waals surface area contributed by atoms with Crippen molar-refractivity contribution in [3.05, 3.63) is 35.4 Å². The number of methoxy groups -OCH3 is 1. The van der Waals surface area contributed by atoms with Gasteiger partial charge in [-0.15, -0.1) is 0 Å². The second-order valence-corrected chi connectivity index (χ2v) is 6.81. The predicted octanol–water partition coefficient (Wildman–Crippen LogP) is 1.85. The van der Waals surface area contributed by atoms with E-state index in [4.69, 9.17) is 4.74 Å². The zero-order valence-corrected chi connectivity index (χ0v) is 17.9. The average molecular weight is 392 g/mol. The molecular formula is C21H37N5O2. The number of nitrogens with zero attached hydrogens (tertiary/aromatic N) is 2. The number of hydrogen-bond donors (Lipinski definition) is 3. The Hall–Kier alpha value is -2.12. The SMILES string of the molecule is CCCCNC(=O)c1ccc(CNC(=NC)NCCN(C)CCCOC)cc1. The number of benzene rings is 1. The van der Waals surface area contributed by atoms with Gasteiger partial charge in [0.15, 0.2) is 5.96 Å². The minimum Gasteiger partial charge on any atom is -0.385 e. The highest BCUT2D eigenvalue weighted by molar-refractivity contribution is 5.94. The Morgan fingerprint density at radius 2 is 1.82 bits per heavy atom. The molecule has 0 spiro atoms. The van der Waals surface area contributed by atoms with Crippen LogP contribution >= 0.6 is 0 Å². The Labute approximate surface area is 169 Å². The quantitative estimate of drug-likeness (QED) is 0.272. The summed E-state index contributed by atoms with van der Waals surface area (Å²) in [6.07, 6.45) is 3.11. The minimum absolute atomic E-state index is 0.0138. The second kappa shape index (κ2) is 14.9. The topological polar surface area (TPSA) is 78.0 Å². The number of ether oxygens (including phenoxy) is 1. The first kappa shape index (κ1) is 23.9. The molecule has 0 atom stereocenters. The highest BCUT2D eigenvalue weighted by Crippen LogP contribution is 2.04. The Morgan fingerprint density at radius 3 is 2.46 bits per heavy atom. The van der Waals surface area contributed by atoms with E-state index in [2.05, 4.69) is 39.8 Å². The number of carbonyl (C=O) groups is 1. The molecule has 1 aromatic rings. The fourth-order valence-corrected chi connectivity index (χ4v) is 2.62. The molecule has 1 aromatic carbocycles. The van der Waals surface area contributed by atoms with Crippen LogP contribution in [-0.2, 0) is 11.3 Å². The summed E-state index contributed by atoms with van der Waals surface area (Å²) < 4.78 is 5.08. The Balaban J connectivity index is 2.32.